The van der Waals surface area contributed by atoms with Crippen LogP contribution in [0, 0.1) is 11.6 Å². The minimum Gasteiger partial charge on any atom is -0.347 e. The number of nitrogens with zero attached hydrogens (tertiary/aromatic N) is 6. The van der Waals surface area contributed by atoms with Gasteiger partial charge in [-0.05, 0) is 38.0 Å². The first kappa shape index (κ1) is 22.0. The van der Waals surface area contributed by atoms with Crippen molar-refractivity contribution in [2.45, 2.75) is 31.7 Å². The van der Waals surface area contributed by atoms with E-state index in [4.69, 9.17) is 0 Å². The van der Waals surface area contributed by atoms with Gasteiger partial charge in [-0.2, -0.15) is 20.1 Å². The van der Waals surface area contributed by atoms with Crippen molar-refractivity contribution in [3.63, 3.8) is 0 Å². The number of hydrogen-bond acceptors (Lipinski definition) is 8. The van der Waals surface area contributed by atoms with E-state index < -0.39 is 17.7 Å². The first-order chi connectivity index (χ1) is 17.5. The van der Waals surface area contributed by atoms with Crippen LogP contribution >= 0.6 is 0 Å². The van der Waals surface area contributed by atoms with Crippen LogP contribution in [0.2, 0.25) is 0 Å². The highest BCUT2D eigenvalue weighted by Crippen LogP contribution is 2.39. The molecule has 2 aromatic carbocycles. The molecule has 0 unspecified atom stereocenters. The molecule has 0 radical (unpaired) electrons. The molecule has 6 rings (SSSR count). The monoisotopic (exact) mass is 485 g/mol. The Kier molecular flexibility index (Phi) is 5.44. The number of aromatic amines is 1. The maximum Gasteiger partial charge on any atom is 0.233 e. The van der Waals surface area contributed by atoms with Crippen LogP contribution in [0.15, 0.2) is 54.9 Å². The number of nitrogens with one attached hydrogen (secondary N) is 3. The van der Waals surface area contributed by atoms with Gasteiger partial charge in [0.25, 0.3) is 0 Å². The number of rotatable bonds is 7. The molecule has 3 heterocycles. The first-order valence-electron chi connectivity index (χ1n) is 11.5. The summed E-state index contributed by atoms with van der Waals surface area (Å²) in [6, 6.07) is 10.6. The molecule has 1 saturated carbocycles. The average Bonchev–Trinajstić information content (AvgIpc) is 3.62. The van der Waals surface area contributed by atoms with Crippen LogP contribution in [0.25, 0.3) is 22.3 Å². The highest BCUT2D eigenvalue weighted by Gasteiger charge is 2.28. The van der Waals surface area contributed by atoms with Crippen molar-refractivity contribution < 1.29 is 8.78 Å². The van der Waals surface area contributed by atoms with Crippen LogP contribution in [0.4, 0.5) is 26.5 Å². The molecule has 3 aromatic heterocycles. The molecule has 1 atom stereocenters. The van der Waals surface area contributed by atoms with E-state index in [-0.39, 0.29) is 5.92 Å². The second-order valence-electron chi connectivity index (χ2n) is 8.70. The summed E-state index contributed by atoms with van der Waals surface area (Å²) < 4.78 is 27.6. The Morgan fingerprint density at radius 2 is 1.72 bits per heavy atom. The maximum atomic E-state index is 14.3. The van der Waals surface area contributed by atoms with E-state index >= 15 is 0 Å². The SMILES string of the molecule is C[C@H](Nc1nc(Nc2cc(-c3ccc4nccnc4c3)[nH]n2)nc(C2CC2)n1)c1ccc(F)cc1F. The number of fused-ring (bicyclic) bond motifs is 1. The standard InChI is InChI=1S/C25H21F2N9/c1-13(17-6-5-16(26)11-18(17)27)30-24-32-23(14-2-3-14)33-25(34-24)31-22-12-20(35-36-22)15-4-7-19-21(10-15)29-9-8-28-19/h4-14H,2-3H2,1H3,(H3,30,31,32,33,34,35,36)/t13-/m0/s1. The Morgan fingerprint density at radius 3 is 2.53 bits per heavy atom. The maximum absolute atomic E-state index is 14.3. The topological polar surface area (TPSA) is 117 Å². The van der Waals surface area contributed by atoms with E-state index in [1.54, 1.807) is 19.3 Å². The molecule has 3 N–H and O–H groups in total. The van der Waals surface area contributed by atoms with Gasteiger partial charge in [-0.1, -0.05) is 12.1 Å². The van der Waals surface area contributed by atoms with Crippen molar-refractivity contribution in [3.05, 3.63) is 77.9 Å². The molecule has 1 fully saturated rings. The zero-order valence-corrected chi connectivity index (χ0v) is 19.2. The molecule has 1 aliphatic rings. The molecule has 9 nitrogen and oxygen atoms in total. The lowest BCUT2D eigenvalue weighted by molar-refractivity contribution is 0.566. The largest absolute Gasteiger partial charge is 0.347 e. The predicted molar refractivity (Wildman–Crippen MR) is 131 cm³/mol. The number of anilines is 3. The molecule has 36 heavy (non-hydrogen) atoms. The van der Waals surface area contributed by atoms with Gasteiger partial charge in [0, 0.05) is 41.6 Å². The number of aromatic nitrogens is 7. The van der Waals surface area contributed by atoms with Crippen molar-refractivity contribution in [1.82, 2.24) is 35.1 Å². The smallest absolute Gasteiger partial charge is 0.233 e. The minimum absolute atomic E-state index is 0.264. The summed E-state index contributed by atoms with van der Waals surface area (Å²) in [4.78, 5) is 22.2. The van der Waals surface area contributed by atoms with Gasteiger partial charge in [-0.15, -0.1) is 0 Å². The zero-order chi connectivity index (χ0) is 24.6. The summed E-state index contributed by atoms with van der Waals surface area (Å²) in [5.41, 5.74) is 3.62. The van der Waals surface area contributed by atoms with Gasteiger partial charge in [0.2, 0.25) is 11.9 Å². The average molecular weight is 486 g/mol. The Balaban J connectivity index is 1.25. The molecule has 5 aromatic rings. The van der Waals surface area contributed by atoms with Crippen molar-refractivity contribution in [2.75, 3.05) is 10.6 Å². The summed E-state index contributed by atoms with van der Waals surface area (Å²) in [5.74, 6) is 0.819. The van der Waals surface area contributed by atoms with Gasteiger partial charge in [0.05, 0.1) is 22.8 Å². The molecular formula is C25H21F2N9. The third-order valence-electron chi connectivity index (χ3n) is 5.97. The third-order valence-corrected chi connectivity index (χ3v) is 5.97. The van der Waals surface area contributed by atoms with Crippen molar-refractivity contribution in [2.24, 2.45) is 0 Å². The molecule has 0 saturated heterocycles. The van der Waals surface area contributed by atoms with Gasteiger partial charge in [0.15, 0.2) is 5.82 Å². The summed E-state index contributed by atoms with van der Waals surface area (Å²) >= 11 is 0. The van der Waals surface area contributed by atoms with E-state index in [9.17, 15) is 8.78 Å². The van der Waals surface area contributed by atoms with Crippen molar-refractivity contribution in [1.29, 1.82) is 0 Å². The lowest BCUT2D eigenvalue weighted by Gasteiger charge is -2.16. The van der Waals surface area contributed by atoms with E-state index in [1.165, 1.54) is 12.1 Å². The molecule has 180 valence electrons. The first-order valence-corrected chi connectivity index (χ1v) is 11.5. The van der Waals surface area contributed by atoms with Gasteiger partial charge in [-0.3, -0.25) is 15.1 Å². The normalized spacial score (nSPS) is 14.1. The number of halogens is 2. The lowest BCUT2D eigenvalue weighted by Crippen LogP contribution is -2.14. The molecule has 0 aliphatic heterocycles. The highest BCUT2D eigenvalue weighted by molar-refractivity contribution is 5.80. The predicted octanol–water partition coefficient (Wildman–Crippen LogP) is 5.28. The Morgan fingerprint density at radius 1 is 0.917 bits per heavy atom. The number of benzene rings is 2. The summed E-state index contributed by atoms with van der Waals surface area (Å²) in [6.45, 7) is 1.76. The van der Waals surface area contributed by atoms with E-state index in [2.05, 4.69) is 45.8 Å². The fraction of sp³-hybridized carbons (Fsp3) is 0.200. The minimum atomic E-state index is -0.631. The van der Waals surface area contributed by atoms with E-state index in [1.807, 2.05) is 24.3 Å². The Bertz CT molecular complexity index is 1560. The van der Waals surface area contributed by atoms with Crippen molar-refractivity contribution in [3.8, 4) is 11.3 Å². The number of hydrogen-bond donors (Lipinski definition) is 3. The fourth-order valence-corrected chi connectivity index (χ4v) is 3.94. The Labute approximate surface area is 204 Å². The van der Waals surface area contributed by atoms with Gasteiger partial charge in [0.1, 0.15) is 17.5 Å². The van der Waals surface area contributed by atoms with Crippen LogP contribution in [-0.4, -0.2) is 35.1 Å². The number of H-pyrrole nitrogens is 1. The van der Waals surface area contributed by atoms with Crippen LogP contribution < -0.4 is 10.6 Å². The summed E-state index contributed by atoms with van der Waals surface area (Å²) in [6.07, 6.45) is 5.32. The van der Waals surface area contributed by atoms with Gasteiger partial charge in [-0.25, -0.2) is 8.78 Å². The lowest BCUT2D eigenvalue weighted by atomic mass is 10.1. The van der Waals surface area contributed by atoms with E-state index in [0.29, 0.717) is 29.1 Å². The third kappa shape index (κ3) is 4.54. The molecule has 0 spiro atoms. The molecular weight excluding hydrogens is 464 g/mol. The van der Waals surface area contributed by atoms with Gasteiger partial charge < -0.3 is 10.6 Å². The molecule has 0 bridgehead atoms. The second-order valence-corrected chi connectivity index (χ2v) is 8.70. The highest BCUT2D eigenvalue weighted by atomic mass is 19.1. The molecule has 11 heteroatoms. The quantitative estimate of drug-likeness (QED) is 0.285. The van der Waals surface area contributed by atoms with Crippen LogP contribution in [0.5, 0.6) is 0 Å². The van der Waals surface area contributed by atoms with Crippen molar-refractivity contribution >= 4 is 28.7 Å². The summed E-state index contributed by atoms with van der Waals surface area (Å²) in [5, 5.41) is 13.6. The fourth-order valence-electron chi connectivity index (χ4n) is 3.94. The molecule has 0 amide bonds. The molecule has 1 aliphatic carbocycles. The zero-order valence-electron chi connectivity index (χ0n) is 19.2. The second kappa shape index (κ2) is 8.91. The van der Waals surface area contributed by atoms with Gasteiger partial charge >= 0.3 is 0 Å². The Hall–Kier alpha value is -4.54. The van der Waals surface area contributed by atoms with E-state index in [0.717, 1.165) is 41.2 Å². The van der Waals surface area contributed by atoms with Crippen LogP contribution in [0.1, 0.15) is 43.1 Å². The van der Waals surface area contributed by atoms with Crippen LogP contribution in [0.3, 0.4) is 0 Å². The summed E-state index contributed by atoms with van der Waals surface area (Å²) in [7, 11) is 0. The van der Waals surface area contributed by atoms with Crippen LogP contribution in [-0.2, 0) is 0 Å².